The second kappa shape index (κ2) is 6.99. The maximum atomic E-state index is 12.5. The third kappa shape index (κ3) is 3.80. The van der Waals surface area contributed by atoms with Crippen LogP contribution in [-0.4, -0.2) is 11.5 Å². The zero-order chi connectivity index (χ0) is 15.5. The van der Waals surface area contributed by atoms with Gasteiger partial charge < -0.3 is 0 Å². The van der Waals surface area contributed by atoms with E-state index in [0.717, 1.165) is 36.3 Å². The Bertz CT molecular complexity index is 693. The van der Waals surface area contributed by atoms with Crippen LogP contribution in [0.5, 0.6) is 0 Å². The smallest absolute Gasteiger partial charge is 0.196 e. The van der Waals surface area contributed by atoms with Crippen LogP contribution in [0.15, 0.2) is 68.0 Å². The van der Waals surface area contributed by atoms with Gasteiger partial charge in [0.25, 0.3) is 0 Å². The SMILES string of the molecule is O=C1/C(=C/c2ccc(Br)cc2)CS/C1=C\c1ccc(Br)cc1. The van der Waals surface area contributed by atoms with E-state index in [1.165, 1.54) is 0 Å². The fourth-order valence-corrected chi connectivity index (χ4v) is 3.67. The van der Waals surface area contributed by atoms with Gasteiger partial charge in [-0.3, -0.25) is 4.79 Å². The summed E-state index contributed by atoms with van der Waals surface area (Å²) in [7, 11) is 0. The lowest BCUT2D eigenvalue weighted by molar-refractivity contribution is -0.111. The molecular weight excluding hydrogens is 424 g/mol. The first-order valence-corrected chi connectivity index (χ1v) is 9.30. The molecule has 2 aromatic rings. The van der Waals surface area contributed by atoms with Gasteiger partial charge in [0, 0.05) is 20.3 Å². The van der Waals surface area contributed by atoms with Crippen LogP contribution in [0, 0.1) is 0 Å². The summed E-state index contributed by atoms with van der Waals surface area (Å²) in [5.41, 5.74) is 2.96. The number of benzene rings is 2. The molecule has 1 saturated heterocycles. The van der Waals surface area contributed by atoms with Gasteiger partial charge in [0.05, 0.1) is 4.91 Å². The Balaban J connectivity index is 1.82. The van der Waals surface area contributed by atoms with Gasteiger partial charge in [0.1, 0.15) is 0 Å². The van der Waals surface area contributed by atoms with Crippen molar-refractivity contribution in [2.75, 3.05) is 5.75 Å². The number of Topliss-reactive ketones (excluding diaryl/α,β-unsaturated/α-hetero) is 1. The maximum absolute atomic E-state index is 12.5. The summed E-state index contributed by atoms with van der Waals surface area (Å²) in [6.07, 6.45) is 3.94. The van der Waals surface area contributed by atoms with Crippen LogP contribution in [0.25, 0.3) is 12.2 Å². The normalized spacial score (nSPS) is 18.4. The monoisotopic (exact) mass is 434 g/mol. The lowest BCUT2D eigenvalue weighted by Gasteiger charge is -1.98. The standard InChI is InChI=1S/C18H12Br2OS/c19-15-5-1-12(2-6-15)9-14-11-22-17(18(14)21)10-13-3-7-16(20)8-4-13/h1-10H,11H2/b14-9+,17-10-. The molecular formula is C18H12Br2OS. The van der Waals surface area contributed by atoms with Crippen molar-refractivity contribution in [1.82, 2.24) is 0 Å². The molecule has 0 aliphatic carbocycles. The van der Waals surface area contributed by atoms with E-state index < -0.39 is 0 Å². The van der Waals surface area contributed by atoms with E-state index in [1.807, 2.05) is 60.7 Å². The first kappa shape index (κ1) is 15.8. The summed E-state index contributed by atoms with van der Waals surface area (Å²) in [4.78, 5) is 13.3. The Hall–Kier alpha value is -1.10. The first-order valence-electron chi connectivity index (χ1n) is 6.73. The minimum Gasteiger partial charge on any atom is -0.288 e. The summed E-state index contributed by atoms with van der Waals surface area (Å²) in [5.74, 6) is 0.868. The van der Waals surface area contributed by atoms with Gasteiger partial charge in [-0.2, -0.15) is 0 Å². The topological polar surface area (TPSA) is 17.1 Å². The number of rotatable bonds is 2. The van der Waals surface area contributed by atoms with Crippen molar-refractivity contribution in [3.63, 3.8) is 0 Å². The highest BCUT2D eigenvalue weighted by molar-refractivity contribution is 9.10. The zero-order valence-corrected chi connectivity index (χ0v) is 15.5. The molecule has 0 unspecified atom stereocenters. The average Bonchev–Trinajstić information content (AvgIpc) is 2.85. The Morgan fingerprint density at radius 2 is 1.32 bits per heavy atom. The molecule has 1 aliphatic heterocycles. The van der Waals surface area contributed by atoms with Crippen molar-refractivity contribution < 1.29 is 4.79 Å². The van der Waals surface area contributed by atoms with E-state index in [-0.39, 0.29) is 5.78 Å². The van der Waals surface area contributed by atoms with Crippen molar-refractivity contribution in [3.8, 4) is 0 Å². The highest BCUT2D eigenvalue weighted by Crippen LogP contribution is 2.34. The summed E-state index contributed by atoms with van der Waals surface area (Å²) in [6.45, 7) is 0. The Morgan fingerprint density at radius 3 is 1.86 bits per heavy atom. The molecule has 0 bridgehead atoms. The fraction of sp³-hybridized carbons (Fsp3) is 0.0556. The van der Waals surface area contributed by atoms with E-state index >= 15 is 0 Å². The molecule has 1 aliphatic rings. The molecule has 22 heavy (non-hydrogen) atoms. The van der Waals surface area contributed by atoms with Crippen LogP contribution in [0.2, 0.25) is 0 Å². The maximum Gasteiger partial charge on any atom is 0.196 e. The molecule has 0 amide bonds. The van der Waals surface area contributed by atoms with Gasteiger partial charge in [-0.1, -0.05) is 56.1 Å². The largest absolute Gasteiger partial charge is 0.288 e. The van der Waals surface area contributed by atoms with Crippen LogP contribution in [0.4, 0.5) is 0 Å². The number of halogens is 2. The summed E-state index contributed by atoms with van der Waals surface area (Å²) >= 11 is 8.44. The quantitative estimate of drug-likeness (QED) is 0.542. The van der Waals surface area contributed by atoms with Gasteiger partial charge in [-0.15, -0.1) is 11.8 Å². The molecule has 1 nitrogen and oxygen atoms in total. The number of hydrogen-bond acceptors (Lipinski definition) is 2. The highest BCUT2D eigenvalue weighted by Gasteiger charge is 2.23. The van der Waals surface area contributed by atoms with Crippen LogP contribution >= 0.6 is 43.6 Å². The molecule has 2 aromatic carbocycles. The molecule has 110 valence electrons. The minimum atomic E-state index is 0.135. The third-order valence-electron chi connectivity index (χ3n) is 3.28. The highest BCUT2D eigenvalue weighted by atomic mass is 79.9. The number of carbonyl (C=O) groups excluding carboxylic acids is 1. The molecule has 0 radical (unpaired) electrons. The predicted molar refractivity (Wildman–Crippen MR) is 102 cm³/mol. The fourth-order valence-electron chi connectivity index (χ4n) is 2.13. The molecule has 0 saturated carbocycles. The van der Waals surface area contributed by atoms with E-state index in [1.54, 1.807) is 11.8 Å². The molecule has 0 spiro atoms. The minimum absolute atomic E-state index is 0.135. The zero-order valence-electron chi connectivity index (χ0n) is 11.6. The molecule has 3 rings (SSSR count). The molecule has 0 aromatic heterocycles. The summed E-state index contributed by atoms with van der Waals surface area (Å²) < 4.78 is 2.08. The van der Waals surface area contributed by atoms with Gasteiger partial charge in [0.15, 0.2) is 5.78 Å². The number of thioether (sulfide) groups is 1. The van der Waals surface area contributed by atoms with Crippen LogP contribution < -0.4 is 0 Å². The Kier molecular flexibility index (Phi) is 5.01. The molecule has 1 heterocycles. The van der Waals surface area contributed by atoms with Crippen LogP contribution in [0.3, 0.4) is 0 Å². The van der Waals surface area contributed by atoms with E-state index in [0.29, 0.717) is 0 Å². The number of allylic oxidation sites excluding steroid dienone is 1. The summed E-state index contributed by atoms with van der Waals surface area (Å²) in [5, 5.41) is 0. The van der Waals surface area contributed by atoms with Crippen molar-refractivity contribution in [2.24, 2.45) is 0 Å². The van der Waals surface area contributed by atoms with Gasteiger partial charge >= 0.3 is 0 Å². The lowest BCUT2D eigenvalue weighted by Crippen LogP contribution is -1.96. The number of hydrogen-bond donors (Lipinski definition) is 0. The third-order valence-corrected chi connectivity index (χ3v) is 5.40. The number of carbonyl (C=O) groups is 1. The van der Waals surface area contributed by atoms with Gasteiger partial charge in [-0.25, -0.2) is 0 Å². The van der Waals surface area contributed by atoms with E-state index in [4.69, 9.17) is 0 Å². The number of ketones is 1. The van der Waals surface area contributed by atoms with Gasteiger partial charge in [0.2, 0.25) is 0 Å². The van der Waals surface area contributed by atoms with Crippen molar-refractivity contribution in [3.05, 3.63) is 79.1 Å². The molecule has 0 atom stereocenters. The predicted octanol–water partition coefficient (Wildman–Crippen LogP) is 5.95. The van der Waals surface area contributed by atoms with Crippen molar-refractivity contribution >= 4 is 61.6 Å². The Morgan fingerprint density at radius 1 is 0.818 bits per heavy atom. The van der Waals surface area contributed by atoms with Crippen LogP contribution in [-0.2, 0) is 4.79 Å². The van der Waals surface area contributed by atoms with E-state index in [9.17, 15) is 4.79 Å². The summed E-state index contributed by atoms with van der Waals surface area (Å²) in [6, 6.07) is 15.9. The molecule has 4 heteroatoms. The molecule has 0 N–H and O–H groups in total. The van der Waals surface area contributed by atoms with E-state index in [2.05, 4.69) is 31.9 Å². The lowest BCUT2D eigenvalue weighted by atomic mass is 10.1. The van der Waals surface area contributed by atoms with Gasteiger partial charge in [-0.05, 0) is 47.5 Å². The Labute approximate surface area is 150 Å². The average molecular weight is 436 g/mol. The second-order valence-electron chi connectivity index (χ2n) is 4.90. The van der Waals surface area contributed by atoms with Crippen LogP contribution in [0.1, 0.15) is 11.1 Å². The van der Waals surface area contributed by atoms with Crippen molar-refractivity contribution in [2.45, 2.75) is 0 Å². The second-order valence-corrected chi connectivity index (χ2v) is 7.75. The first-order chi connectivity index (χ1) is 10.6. The molecule has 1 fully saturated rings. The van der Waals surface area contributed by atoms with Crippen molar-refractivity contribution in [1.29, 1.82) is 0 Å².